The maximum atomic E-state index is 13.0. The van der Waals surface area contributed by atoms with Crippen LogP contribution in [-0.2, 0) is 4.79 Å². The molecule has 0 aliphatic carbocycles. The highest BCUT2D eigenvalue weighted by Gasteiger charge is 2.08. The summed E-state index contributed by atoms with van der Waals surface area (Å²) in [5.41, 5.74) is 0.545. The van der Waals surface area contributed by atoms with Gasteiger partial charge in [-0.2, -0.15) is 0 Å². The monoisotopic (exact) mass is 211 g/mol. The van der Waals surface area contributed by atoms with Crippen LogP contribution in [0.25, 0.3) is 0 Å². The van der Waals surface area contributed by atoms with Crippen molar-refractivity contribution >= 4 is 11.9 Å². The molecule has 0 aliphatic rings. The topological polar surface area (TPSA) is 66.4 Å². The first-order valence-electron chi connectivity index (χ1n) is 4.27. The van der Waals surface area contributed by atoms with Crippen LogP contribution in [0.5, 0.6) is 0 Å². The molecule has 0 unspecified atom stereocenters. The molecule has 0 saturated heterocycles. The van der Waals surface area contributed by atoms with Gasteiger partial charge < -0.3 is 10.4 Å². The lowest BCUT2D eigenvalue weighted by molar-refractivity contribution is -0.135. The van der Waals surface area contributed by atoms with Crippen LogP contribution < -0.4 is 5.32 Å². The van der Waals surface area contributed by atoms with Gasteiger partial charge in [0.05, 0.1) is 0 Å². The fourth-order valence-corrected chi connectivity index (χ4v) is 0.992. The van der Waals surface area contributed by atoms with Gasteiger partial charge in [-0.05, 0) is 24.6 Å². The first-order chi connectivity index (χ1) is 7.00. The second-order valence-corrected chi connectivity index (χ2v) is 3.04. The third-order valence-corrected chi connectivity index (χ3v) is 1.83. The van der Waals surface area contributed by atoms with Crippen LogP contribution in [0.15, 0.2) is 18.2 Å². The maximum absolute atomic E-state index is 13.0. The van der Waals surface area contributed by atoms with Gasteiger partial charge in [0, 0.05) is 5.56 Å². The Morgan fingerprint density at radius 1 is 1.47 bits per heavy atom. The molecule has 1 amide bonds. The van der Waals surface area contributed by atoms with Gasteiger partial charge in [0.1, 0.15) is 12.4 Å². The molecular weight excluding hydrogens is 201 g/mol. The van der Waals surface area contributed by atoms with E-state index in [1.54, 1.807) is 6.92 Å². The predicted octanol–water partition coefficient (Wildman–Crippen LogP) is 0.949. The minimum atomic E-state index is -1.14. The standard InChI is InChI=1S/C10H10FNO3/c1-6-2-3-7(4-8(6)11)10(15)12-5-9(13)14/h2-4H,5H2,1H3,(H,12,15)(H,13,14)/i11+0. The third-order valence-electron chi connectivity index (χ3n) is 1.83. The Labute approximate surface area is 85.7 Å². The summed E-state index contributed by atoms with van der Waals surface area (Å²) in [6.45, 7) is 1.10. The number of carbonyl (C=O) groups excluding carboxylic acids is 1. The van der Waals surface area contributed by atoms with Crippen molar-refractivity contribution in [2.45, 2.75) is 6.92 Å². The molecule has 0 saturated carbocycles. The van der Waals surface area contributed by atoms with E-state index in [2.05, 4.69) is 5.32 Å². The molecule has 5 heteroatoms. The van der Waals surface area contributed by atoms with E-state index < -0.39 is 24.2 Å². The average Bonchev–Trinajstić information content (AvgIpc) is 2.18. The number of aryl methyl sites for hydroxylation is 1. The van der Waals surface area contributed by atoms with E-state index in [0.717, 1.165) is 6.07 Å². The van der Waals surface area contributed by atoms with Crippen LogP contribution in [0.3, 0.4) is 0 Å². The number of carboxylic acid groups (broad SMARTS) is 1. The Kier molecular flexibility index (Phi) is 3.38. The van der Waals surface area contributed by atoms with Crippen molar-refractivity contribution in [1.82, 2.24) is 5.32 Å². The third kappa shape index (κ3) is 3.05. The van der Waals surface area contributed by atoms with Gasteiger partial charge in [-0.25, -0.2) is 4.39 Å². The van der Waals surface area contributed by atoms with E-state index in [4.69, 9.17) is 5.11 Å². The number of carboxylic acids is 1. The van der Waals surface area contributed by atoms with Gasteiger partial charge in [-0.3, -0.25) is 9.59 Å². The largest absolute Gasteiger partial charge is 0.480 e. The van der Waals surface area contributed by atoms with E-state index in [9.17, 15) is 14.0 Å². The van der Waals surface area contributed by atoms with Crippen molar-refractivity contribution in [3.63, 3.8) is 0 Å². The Hall–Kier alpha value is -1.91. The molecule has 1 aromatic carbocycles. The van der Waals surface area contributed by atoms with Crippen molar-refractivity contribution in [2.75, 3.05) is 6.54 Å². The first-order valence-corrected chi connectivity index (χ1v) is 4.27. The molecule has 0 aliphatic heterocycles. The van der Waals surface area contributed by atoms with Gasteiger partial charge in [-0.15, -0.1) is 0 Å². The summed E-state index contributed by atoms with van der Waals surface area (Å²) in [7, 11) is 0. The molecule has 1 rings (SSSR count). The number of halogens is 1. The van der Waals surface area contributed by atoms with Gasteiger partial charge in [0.15, 0.2) is 0 Å². The smallest absolute Gasteiger partial charge is 0.322 e. The molecule has 80 valence electrons. The van der Waals surface area contributed by atoms with Crippen molar-refractivity contribution in [1.29, 1.82) is 0 Å². The lowest BCUT2D eigenvalue weighted by atomic mass is 10.1. The molecular formula is C10H10FNO3. The number of hydrogen-bond acceptors (Lipinski definition) is 2. The molecule has 0 heterocycles. The first kappa shape index (κ1) is 11.2. The minimum absolute atomic E-state index is 0.111. The predicted molar refractivity (Wildman–Crippen MR) is 51.1 cm³/mol. The van der Waals surface area contributed by atoms with E-state index in [1.165, 1.54) is 12.1 Å². The second-order valence-electron chi connectivity index (χ2n) is 3.04. The zero-order chi connectivity index (χ0) is 11.4. The van der Waals surface area contributed by atoms with Crippen molar-refractivity contribution in [3.8, 4) is 0 Å². The van der Waals surface area contributed by atoms with Crippen LogP contribution in [-0.4, -0.2) is 23.5 Å². The van der Waals surface area contributed by atoms with Gasteiger partial charge in [-0.1, -0.05) is 6.07 Å². The van der Waals surface area contributed by atoms with E-state index in [-0.39, 0.29) is 5.56 Å². The number of nitrogens with one attached hydrogen (secondary N) is 1. The molecule has 0 spiro atoms. The zero-order valence-electron chi connectivity index (χ0n) is 8.08. The average molecular weight is 211 g/mol. The molecule has 0 atom stereocenters. The van der Waals surface area contributed by atoms with E-state index in [0.29, 0.717) is 5.56 Å². The SMILES string of the molecule is Cc1ccc(C(=O)NCC(=O)O)cc1[19F]. The molecule has 0 radical (unpaired) electrons. The Balaban J connectivity index is 2.74. The molecule has 0 aromatic heterocycles. The highest BCUT2D eigenvalue weighted by Crippen LogP contribution is 2.08. The van der Waals surface area contributed by atoms with Gasteiger partial charge in [0.2, 0.25) is 0 Å². The number of hydrogen-bond donors (Lipinski definition) is 2. The van der Waals surface area contributed by atoms with Crippen molar-refractivity contribution in [2.24, 2.45) is 0 Å². The van der Waals surface area contributed by atoms with Crippen LogP contribution in [0.1, 0.15) is 15.9 Å². The molecule has 1 aromatic rings. The molecule has 2 N–H and O–H groups in total. The number of aliphatic carboxylic acids is 1. The maximum Gasteiger partial charge on any atom is 0.322 e. The summed E-state index contributed by atoms with van der Waals surface area (Å²) in [4.78, 5) is 21.4. The Bertz CT molecular complexity index is 404. The fraction of sp³-hybridized carbons (Fsp3) is 0.200. The van der Waals surface area contributed by atoms with Gasteiger partial charge in [0.25, 0.3) is 5.91 Å². The van der Waals surface area contributed by atoms with Crippen molar-refractivity contribution < 1.29 is 19.1 Å². The lowest BCUT2D eigenvalue weighted by Gasteiger charge is -2.03. The second kappa shape index (κ2) is 4.54. The summed E-state index contributed by atoms with van der Waals surface area (Å²) in [6, 6.07) is 3.98. The fourth-order valence-electron chi connectivity index (χ4n) is 0.992. The number of rotatable bonds is 3. The van der Waals surface area contributed by atoms with Crippen LogP contribution in [0.2, 0.25) is 0 Å². The number of amides is 1. The summed E-state index contributed by atoms with van der Waals surface area (Å²) in [6.07, 6.45) is 0. The van der Waals surface area contributed by atoms with Crippen LogP contribution in [0.4, 0.5) is 4.39 Å². The zero-order valence-corrected chi connectivity index (χ0v) is 8.08. The summed E-state index contributed by atoms with van der Waals surface area (Å²) < 4.78 is 13.0. The van der Waals surface area contributed by atoms with E-state index >= 15 is 0 Å². The summed E-state index contributed by atoms with van der Waals surface area (Å²) in [5, 5.41) is 10.5. The lowest BCUT2D eigenvalue weighted by Crippen LogP contribution is -2.29. The summed E-state index contributed by atoms with van der Waals surface area (Å²) >= 11 is 0. The Morgan fingerprint density at radius 2 is 2.13 bits per heavy atom. The molecule has 0 bridgehead atoms. The quantitative estimate of drug-likeness (QED) is 0.782. The van der Waals surface area contributed by atoms with Crippen LogP contribution >= 0.6 is 0 Å². The highest BCUT2D eigenvalue weighted by molar-refractivity contribution is 5.95. The minimum Gasteiger partial charge on any atom is -0.480 e. The van der Waals surface area contributed by atoms with Crippen molar-refractivity contribution in [3.05, 3.63) is 35.1 Å². The Morgan fingerprint density at radius 3 is 2.67 bits per heavy atom. The molecule has 4 nitrogen and oxygen atoms in total. The van der Waals surface area contributed by atoms with E-state index in [1.807, 2.05) is 0 Å². The number of carbonyl (C=O) groups is 2. The van der Waals surface area contributed by atoms with Gasteiger partial charge >= 0.3 is 5.97 Å². The number of benzene rings is 1. The van der Waals surface area contributed by atoms with Crippen LogP contribution in [0, 0.1) is 12.7 Å². The normalized spacial score (nSPS) is 9.73. The molecule has 0 fully saturated rings. The highest BCUT2D eigenvalue weighted by atomic mass is 19.1. The summed E-state index contributed by atoms with van der Waals surface area (Å²) in [5.74, 6) is -2.23. The molecule has 15 heavy (non-hydrogen) atoms.